The molecule has 0 saturated heterocycles. The van der Waals surface area contributed by atoms with Crippen LogP contribution in [0.3, 0.4) is 0 Å². The van der Waals surface area contributed by atoms with Crippen molar-refractivity contribution in [1.82, 2.24) is 5.32 Å². The number of nitrogens with one attached hydrogen (secondary N) is 1. The maximum Gasteiger partial charge on any atom is 0.122 e. The Morgan fingerprint density at radius 2 is 2.10 bits per heavy atom. The third-order valence-electron chi connectivity index (χ3n) is 3.80. The molecule has 4 heteroatoms. The highest BCUT2D eigenvalue weighted by Gasteiger charge is 2.24. The lowest BCUT2D eigenvalue weighted by molar-refractivity contribution is 0.0804. The highest BCUT2D eigenvalue weighted by Crippen LogP contribution is 2.36. The predicted molar refractivity (Wildman–Crippen MR) is 84.0 cm³/mol. The second kappa shape index (κ2) is 9.03. The van der Waals surface area contributed by atoms with E-state index in [2.05, 4.69) is 30.4 Å². The molecule has 0 bridgehead atoms. The Morgan fingerprint density at radius 3 is 2.90 bits per heavy atom. The summed E-state index contributed by atoms with van der Waals surface area (Å²) < 4.78 is 16.4. The summed E-state index contributed by atoms with van der Waals surface area (Å²) in [5.41, 5.74) is 2.76. The van der Waals surface area contributed by atoms with Gasteiger partial charge in [-0.25, -0.2) is 0 Å². The van der Waals surface area contributed by atoms with Crippen LogP contribution in [-0.2, 0) is 15.9 Å². The summed E-state index contributed by atoms with van der Waals surface area (Å²) in [7, 11) is 1.71. The number of hydrogen-bond donors (Lipinski definition) is 1. The lowest BCUT2D eigenvalue weighted by atomic mass is 10.1. The first-order valence-electron chi connectivity index (χ1n) is 7.91. The van der Waals surface area contributed by atoms with E-state index in [4.69, 9.17) is 14.2 Å². The Bertz CT molecular complexity index is 422. The van der Waals surface area contributed by atoms with Gasteiger partial charge in [0.15, 0.2) is 0 Å². The van der Waals surface area contributed by atoms with Gasteiger partial charge in [-0.1, -0.05) is 19.1 Å². The molecule has 1 aliphatic carbocycles. The zero-order chi connectivity index (χ0) is 14.9. The minimum absolute atomic E-state index is 0.485. The van der Waals surface area contributed by atoms with E-state index < -0.39 is 0 Å². The third kappa shape index (κ3) is 4.70. The molecular formula is C17H27NO3. The largest absolute Gasteiger partial charge is 0.491 e. The quantitative estimate of drug-likeness (QED) is 0.673. The van der Waals surface area contributed by atoms with Crippen molar-refractivity contribution in [3.8, 4) is 5.75 Å². The molecule has 0 heterocycles. The van der Waals surface area contributed by atoms with Crippen LogP contribution in [0.4, 0.5) is 0 Å². The topological polar surface area (TPSA) is 39.7 Å². The van der Waals surface area contributed by atoms with Crippen LogP contribution in [0.2, 0.25) is 0 Å². The van der Waals surface area contributed by atoms with Gasteiger partial charge in [-0.05, 0) is 43.0 Å². The van der Waals surface area contributed by atoms with E-state index in [0.717, 1.165) is 44.8 Å². The van der Waals surface area contributed by atoms with Gasteiger partial charge in [0.2, 0.25) is 0 Å². The average molecular weight is 293 g/mol. The SMILES string of the molecule is CCNC1CCc2c(OCCOCCCOC)cccc21. The number of rotatable bonds is 10. The Balaban J connectivity index is 1.77. The first-order chi connectivity index (χ1) is 10.4. The summed E-state index contributed by atoms with van der Waals surface area (Å²) in [6, 6.07) is 6.85. The van der Waals surface area contributed by atoms with Crippen molar-refractivity contribution in [3.05, 3.63) is 29.3 Å². The smallest absolute Gasteiger partial charge is 0.122 e. The number of methoxy groups -OCH3 is 1. The first-order valence-corrected chi connectivity index (χ1v) is 7.91. The van der Waals surface area contributed by atoms with Gasteiger partial charge >= 0.3 is 0 Å². The van der Waals surface area contributed by atoms with E-state index in [-0.39, 0.29) is 0 Å². The van der Waals surface area contributed by atoms with Gasteiger partial charge in [-0.15, -0.1) is 0 Å². The van der Waals surface area contributed by atoms with Crippen molar-refractivity contribution in [2.75, 3.05) is 40.1 Å². The molecule has 0 saturated carbocycles. The number of fused-ring (bicyclic) bond motifs is 1. The van der Waals surface area contributed by atoms with Crippen molar-refractivity contribution >= 4 is 0 Å². The maximum absolute atomic E-state index is 5.90. The van der Waals surface area contributed by atoms with E-state index in [1.165, 1.54) is 11.1 Å². The summed E-state index contributed by atoms with van der Waals surface area (Å²) >= 11 is 0. The molecule has 1 atom stereocenters. The van der Waals surface area contributed by atoms with Crippen molar-refractivity contribution < 1.29 is 14.2 Å². The van der Waals surface area contributed by atoms with Crippen LogP contribution in [-0.4, -0.2) is 40.1 Å². The zero-order valence-corrected chi connectivity index (χ0v) is 13.2. The molecule has 0 spiro atoms. The Labute approximate surface area is 127 Å². The maximum atomic E-state index is 5.90. The van der Waals surface area contributed by atoms with Crippen molar-refractivity contribution in [2.24, 2.45) is 0 Å². The van der Waals surface area contributed by atoms with Crippen LogP contribution < -0.4 is 10.1 Å². The minimum Gasteiger partial charge on any atom is -0.491 e. The second-order valence-electron chi connectivity index (χ2n) is 5.28. The Hall–Kier alpha value is -1.10. The molecule has 118 valence electrons. The van der Waals surface area contributed by atoms with E-state index in [0.29, 0.717) is 19.3 Å². The fourth-order valence-electron chi connectivity index (χ4n) is 2.83. The average Bonchev–Trinajstić information content (AvgIpc) is 2.91. The van der Waals surface area contributed by atoms with E-state index >= 15 is 0 Å². The molecule has 1 aromatic carbocycles. The molecule has 4 nitrogen and oxygen atoms in total. The van der Waals surface area contributed by atoms with Crippen LogP contribution in [0.25, 0.3) is 0 Å². The van der Waals surface area contributed by atoms with Gasteiger partial charge < -0.3 is 19.5 Å². The van der Waals surface area contributed by atoms with Gasteiger partial charge in [0.05, 0.1) is 6.61 Å². The molecular weight excluding hydrogens is 266 g/mol. The van der Waals surface area contributed by atoms with Crippen LogP contribution in [0.1, 0.15) is 36.9 Å². The van der Waals surface area contributed by atoms with E-state index in [1.54, 1.807) is 7.11 Å². The lowest BCUT2D eigenvalue weighted by Crippen LogP contribution is -2.18. The first kappa shape index (κ1) is 16.3. The monoisotopic (exact) mass is 293 g/mol. The Kier molecular flexibility index (Phi) is 7.00. The van der Waals surface area contributed by atoms with Crippen LogP contribution >= 0.6 is 0 Å². The highest BCUT2D eigenvalue weighted by molar-refractivity contribution is 5.45. The molecule has 2 rings (SSSR count). The van der Waals surface area contributed by atoms with E-state index in [9.17, 15) is 0 Å². The fraction of sp³-hybridized carbons (Fsp3) is 0.647. The summed E-state index contributed by atoms with van der Waals surface area (Å²) in [6.45, 7) is 5.87. The number of benzene rings is 1. The standard InChI is InChI=1S/C17H27NO3/c1-3-18-16-9-8-15-14(16)6-4-7-17(15)21-13-12-20-11-5-10-19-2/h4,6-7,16,18H,3,5,8-13H2,1-2H3. The highest BCUT2D eigenvalue weighted by atomic mass is 16.5. The zero-order valence-electron chi connectivity index (χ0n) is 13.2. The molecule has 0 fully saturated rings. The molecule has 0 aliphatic heterocycles. The summed E-state index contributed by atoms with van der Waals surface area (Å²) in [4.78, 5) is 0. The van der Waals surface area contributed by atoms with Gasteiger partial charge in [0.25, 0.3) is 0 Å². The van der Waals surface area contributed by atoms with Crippen LogP contribution in [0, 0.1) is 0 Å². The number of hydrogen-bond acceptors (Lipinski definition) is 4. The third-order valence-corrected chi connectivity index (χ3v) is 3.80. The normalized spacial score (nSPS) is 17.0. The Morgan fingerprint density at radius 1 is 1.19 bits per heavy atom. The minimum atomic E-state index is 0.485. The molecule has 1 unspecified atom stereocenters. The van der Waals surface area contributed by atoms with Crippen molar-refractivity contribution in [2.45, 2.75) is 32.2 Å². The molecule has 0 amide bonds. The predicted octanol–water partition coefficient (Wildman–Crippen LogP) is 2.72. The fourth-order valence-corrected chi connectivity index (χ4v) is 2.83. The number of ether oxygens (including phenoxy) is 3. The van der Waals surface area contributed by atoms with Gasteiger partial charge in [-0.2, -0.15) is 0 Å². The molecule has 21 heavy (non-hydrogen) atoms. The van der Waals surface area contributed by atoms with Crippen molar-refractivity contribution in [3.63, 3.8) is 0 Å². The molecule has 0 aromatic heterocycles. The van der Waals surface area contributed by atoms with Gasteiger partial charge in [0.1, 0.15) is 12.4 Å². The summed E-state index contributed by atoms with van der Waals surface area (Å²) in [5.74, 6) is 1.02. The summed E-state index contributed by atoms with van der Waals surface area (Å²) in [5, 5.41) is 3.53. The molecule has 1 aromatic rings. The molecule has 1 N–H and O–H groups in total. The molecule has 1 aliphatic rings. The summed E-state index contributed by atoms with van der Waals surface area (Å²) in [6.07, 6.45) is 3.19. The van der Waals surface area contributed by atoms with Gasteiger partial charge in [0, 0.05) is 26.4 Å². The van der Waals surface area contributed by atoms with E-state index in [1.807, 2.05) is 0 Å². The molecule has 0 radical (unpaired) electrons. The van der Waals surface area contributed by atoms with Gasteiger partial charge in [-0.3, -0.25) is 0 Å². The lowest BCUT2D eigenvalue weighted by Gasteiger charge is -2.14. The van der Waals surface area contributed by atoms with Crippen LogP contribution in [0.15, 0.2) is 18.2 Å². The van der Waals surface area contributed by atoms with Crippen LogP contribution in [0.5, 0.6) is 5.75 Å². The second-order valence-corrected chi connectivity index (χ2v) is 5.28. The van der Waals surface area contributed by atoms with Crippen molar-refractivity contribution in [1.29, 1.82) is 0 Å².